The summed E-state index contributed by atoms with van der Waals surface area (Å²) in [6.07, 6.45) is 5.03. The van der Waals surface area contributed by atoms with Crippen LogP contribution in [0.15, 0.2) is 30.3 Å². The van der Waals surface area contributed by atoms with Crippen molar-refractivity contribution in [1.29, 1.82) is 0 Å². The van der Waals surface area contributed by atoms with Gasteiger partial charge in [0.1, 0.15) is 5.78 Å². The number of methoxy groups -OCH3 is 2. The number of likely N-dealkylation sites (tertiary alicyclic amines) is 2. The highest BCUT2D eigenvalue weighted by atomic mass is 32.2. The van der Waals surface area contributed by atoms with E-state index in [1.165, 1.54) is 7.11 Å². The number of sulfonamides is 1. The number of nitrogens with one attached hydrogen (secondary N) is 1. The maximum Gasteiger partial charge on any atom is 0.237 e. The Morgan fingerprint density at radius 3 is 2.17 bits per heavy atom. The van der Waals surface area contributed by atoms with Crippen LogP contribution in [0.1, 0.15) is 98.0 Å². The van der Waals surface area contributed by atoms with E-state index in [1.807, 2.05) is 62.9 Å². The van der Waals surface area contributed by atoms with E-state index in [0.29, 0.717) is 31.3 Å². The Kier molecular flexibility index (Phi) is 17.1. The molecule has 3 aliphatic rings. The van der Waals surface area contributed by atoms with Gasteiger partial charge < -0.3 is 19.3 Å². The SMILES string of the molecule is CC[C@H](C)[C@@H]([C@@H](CC(=O)N1CCC[C@H]1[C@H](OC)[C@@H](C)C(=O)C[C@@H](Cc1ccccc1)C(=O)NS(C)(=O)=O)OC)N(C)C(=O)[C@@H](CC(=O)[C@@H]1[C@H]2CC[C@H](C2)N1C)C(C)C. The molecule has 1 aliphatic carbocycles. The van der Waals surface area contributed by atoms with Crippen molar-refractivity contribution in [2.24, 2.45) is 35.5 Å². The van der Waals surface area contributed by atoms with E-state index < -0.39 is 58.0 Å². The van der Waals surface area contributed by atoms with Crippen LogP contribution in [0, 0.1) is 35.5 Å². The Hall–Kier alpha value is -3.20. The zero-order valence-electron chi connectivity index (χ0n) is 36.5. The quantitative estimate of drug-likeness (QED) is 0.176. The minimum atomic E-state index is -3.85. The number of benzene rings is 1. The second kappa shape index (κ2) is 20.9. The number of carbonyl (C=O) groups excluding carboxylic acids is 5. The predicted molar refractivity (Wildman–Crippen MR) is 223 cm³/mol. The Morgan fingerprint density at radius 2 is 1.62 bits per heavy atom. The zero-order chi connectivity index (χ0) is 43.1. The summed E-state index contributed by atoms with van der Waals surface area (Å²) in [6.45, 7) is 10.3. The van der Waals surface area contributed by atoms with E-state index in [1.54, 1.807) is 30.9 Å². The van der Waals surface area contributed by atoms with Gasteiger partial charge in [-0.05, 0) is 68.9 Å². The van der Waals surface area contributed by atoms with Crippen molar-refractivity contribution in [1.82, 2.24) is 19.4 Å². The summed E-state index contributed by atoms with van der Waals surface area (Å²) in [4.78, 5) is 75.3. The lowest BCUT2D eigenvalue weighted by Gasteiger charge is -2.41. The fraction of sp³-hybridized carbons (Fsp3) is 0.750. The summed E-state index contributed by atoms with van der Waals surface area (Å²) in [7, 11) is 3.03. The third-order valence-corrected chi connectivity index (χ3v) is 14.1. The van der Waals surface area contributed by atoms with Crippen LogP contribution in [-0.2, 0) is 49.9 Å². The number of ketones is 2. The van der Waals surface area contributed by atoms with Crippen molar-refractivity contribution in [3.63, 3.8) is 0 Å². The minimum absolute atomic E-state index is 0.00438. The topological polar surface area (TPSA) is 160 Å². The van der Waals surface area contributed by atoms with Crippen LogP contribution in [0.25, 0.3) is 0 Å². The highest BCUT2D eigenvalue weighted by molar-refractivity contribution is 7.89. The summed E-state index contributed by atoms with van der Waals surface area (Å²) in [5, 5.41) is 0. The van der Waals surface area contributed by atoms with Gasteiger partial charge in [-0.15, -0.1) is 0 Å². The van der Waals surface area contributed by atoms with Crippen LogP contribution < -0.4 is 4.72 Å². The number of likely N-dealkylation sites (N-methyl/N-ethyl adjacent to an activating group) is 2. The van der Waals surface area contributed by atoms with E-state index in [9.17, 15) is 32.4 Å². The summed E-state index contributed by atoms with van der Waals surface area (Å²) in [5.74, 6) is -3.03. The number of nitrogens with zero attached hydrogens (tertiary/aromatic N) is 3. The number of rotatable bonds is 22. The Bertz CT molecular complexity index is 1690. The van der Waals surface area contributed by atoms with Gasteiger partial charge in [0.25, 0.3) is 0 Å². The van der Waals surface area contributed by atoms with Gasteiger partial charge in [-0.3, -0.25) is 33.6 Å². The first-order chi connectivity index (χ1) is 27.3. The molecular formula is C44H70N4O9S. The van der Waals surface area contributed by atoms with Crippen LogP contribution in [0.4, 0.5) is 0 Å². The predicted octanol–water partition coefficient (Wildman–Crippen LogP) is 4.51. The van der Waals surface area contributed by atoms with E-state index in [0.717, 1.165) is 37.5 Å². The molecule has 0 radical (unpaired) electrons. The number of amides is 3. The van der Waals surface area contributed by atoms with Crippen LogP contribution >= 0.6 is 0 Å². The van der Waals surface area contributed by atoms with Crippen LogP contribution in [0.2, 0.25) is 0 Å². The van der Waals surface area contributed by atoms with Gasteiger partial charge in [0.15, 0.2) is 5.78 Å². The molecule has 2 aliphatic heterocycles. The van der Waals surface area contributed by atoms with Crippen molar-refractivity contribution in [3.05, 3.63) is 35.9 Å². The number of carbonyl (C=O) groups is 5. The first-order valence-corrected chi connectivity index (χ1v) is 23.2. The third kappa shape index (κ3) is 11.5. The van der Waals surface area contributed by atoms with Gasteiger partial charge >= 0.3 is 0 Å². The van der Waals surface area contributed by atoms with Crippen LogP contribution in [0.3, 0.4) is 0 Å². The number of Topliss-reactive ketones (excluding diaryl/α,β-unsaturated/α-hetero) is 2. The molecule has 11 atom stereocenters. The Balaban J connectivity index is 1.48. The van der Waals surface area contributed by atoms with Crippen molar-refractivity contribution in [2.45, 2.75) is 135 Å². The molecule has 4 rings (SSSR count). The highest BCUT2D eigenvalue weighted by Crippen LogP contribution is 2.42. The molecule has 3 amide bonds. The van der Waals surface area contributed by atoms with Gasteiger partial charge in [-0.25, -0.2) is 8.42 Å². The van der Waals surface area contributed by atoms with Gasteiger partial charge in [0.05, 0.1) is 43.0 Å². The van der Waals surface area contributed by atoms with Crippen LogP contribution in [0.5, 0.6) is 0 Å². The summed E-state index contributed by atoms with van der Waals surface area (Å²) in [6, 6.07) is 8.57. The summed E-state index contributed by atoms with van der Waals surface area (Å²) >= 11 is 0. The average molecular weight is 831 g/mol. The summed E-state index contributed by atoms with van der Waals surface area (Å²) in [5.41, 5.74) is 0.792. The average Bonchev–Trinajstić information content (AvgIpc) is 3.93. The highest BCUT2D eigenvalue weighted by Gasteiger charge is 2.48. The van der Waals surface area contributed by atoms with Crippen molar-refractivity contribution < 1.29 is 41.9 Å². The number of ether oxygens (including phenoxy) is 2. The molecule has 1 aromatic carbocycles. The molecular weight excluding hydrogens is 761 g/mol. The molecule has 326 valence electrons. The second-order valence-corrected chi connectivity index (χ2v) is 19.5. The molecule has 58 heavy (non-hydrogen) atoms. The molecule has 2 bridgehead atoms. The van der Waals surface area contributed by atoms with E-state index in [2.05, 4.69) is 11.8 Å². The molecule has 0 unspecified atom stereocenters. The molecule has 1 N–H and O–H groups in total. The smallest absolute Gasteiger partial charge is 0.237 e. The summed E-state index contributed by atoms with van der Waals surface area (Å²) < 4.78 is 38.0. The first kappa shape index (κ1) is 47.5. The Morgan fingerprint density at radius 1 is 0.948 bits per heavy atom. The second-order valence-electron chi connectivity index (χ2n) is 17.7. The van der Waals surface area contributed by atoms with Crippen molar-refractivity contribution >= 4 is 39.3 Å². The first-order valence-electron chi connectivity index (χ1n) is 21.3. The van der Waals surface area contributed by atoms with Gasteiger partial charge in [-0.2, -0.15) is 0 Å². The molecule has 0 aromatic heterocycles. The lowest BCUT2D eigenvalue weighted by molar-refractivity contribution is -0.149. The van der Waals surface area contributed by atoms with E-state index in [4.69, 9.17) is 9.47 Å². The van der Waals surface area contributed by atoms with Crippen molar-refractivity contribution in [2.75, 3.05) is 41.1 Å². The molecule has 14 heteroatoms. The van der Waals surface area contributed by atoms with E-state index in [-0.39, 0.29) is 66.9 Å². The lowest BCUT2D eigenvalue weighted by Crippen LogP contribution is -2.54. The normalized spacial score (nSPS) is 24.5. The fourth-order valence-corrected chi connectivity index (χ4v) is 10.6. The zero-order valence-corrected chi connectivity index (χ0v) is 37.3. The molecule has 3 fully saturated rings. The molecule has 1 saturated carbocycles. The monoisotopic (exact) mass is 830 g/mol. The van der Waals surface area contributed by atoms with Gasteiger partial charge in [-0.1, -0.05) is 71.4 Å². The molecule has 2 heterocycles. The lowest BCUT2D eigenvalue weighted by atomic mass is 9.83. The number of fused-ring (bicyclic) bond motifs is 2. The largest absolute Gasteiger partial charge is 0.379 e. The maximum absolute atomic E-state index is 14.4. The fourth-order valence-electron chi connectivity index (χ4n) is 10.1. The standard InChI is InChI=1S/C44H70N4O9S/c1-11-28(4)40(47(7)44(53)34(27(2)3)25-37(50)41-31-19-20-33(23-31)46(41)6)38(56-8)26-39(51)48-21-15-18-35(48)42(57-9)29(5)36(49)24-32(43(52)45-58(10,54)55)22-30-16-13-12-14-17-30/h12-14,16-17,27-29,31-35,38,40-42H,11,15,18-26H2,1-10H3,(H,45,52)/t28-,29-,31-,32+,33+,34-,35-,38+,40-,41-,42+/m0/s1. The molecule has 1 aromatic rings. The number of hydrogen-bond acceptors (Lipinski definition) is 10. The van der Waals surface area contributed by atoms with Crippen molar-refractivity contribution in [3.8, 4) is 0 Å². The van der Waals surface area contributed by atoms with Gasteiger partial charge in [0, 0.05) is 64.4 Å². The van der Waals surface area contributed by atoms with Gasteiger partial charge in [0.2, 0.25) is 27.7 Å². The third-order valence-electron chi connectivity index (χ3n) is 13.6. The maximum atomic E-state index is 14.4. The Labute approximate surface area is 347 Å². The minimum Gasteiger partial charge on any atom is -0.379 e. The number of hydrogen-bond donors (Lipinski definition) is 1. The molecule has 13 nitrogen and oxygen atoms in total. The molecule has 0 spiro atoms. The van der Waals surface area contributed by atoms with E-state index >= 15 is 0 Å². The van der Waals surface area contributed by atoms with Crippen LogP contribution in [-0.4, -0.2) is 130 Å². The molecule has 2 saturated heterocycles. The number of piperidine rings is 1.